The van der Waals surface area contributed by atoms with E-state index in [1.54, 1.807) is 7.11 Å². The Labute approximate surface area is 209 Å². The van der Waals surface area contributed by atoms with Gasteiger partial charge in [0.1, 0.15) is 12.9 Å². The Morgan fingerprint density at radius 2 is 1.42 bits per heavy atom. The van der Waals surface area contributed by atoms with E-state index in [9.17, 15) is 0 Å². The molecule has 4 nitrogen and oxygen atoms in total. The average molecular weight is 587 g/mol. The van der Waals surface area contributed by atoms with Crippen LogP contribution < -0.4 is 0 Å². The third-order valence-corrected chi connectivity index (χ3v) is 18.1. The number of methoxy groups -OCH3 is 1. The first-order valence-corrected chi connectivity index (χ1v) is 18.1. The molecule has 0 saturated heterocycles. The minimum atomic E-state index is -1.99. The van der Waals surface area contributed by atoms with Gasteiger partial charge >= 0.3 is 0 Å². The van der Waals surface area contributed by atoms with Crippen LogP contribution in [-0.4, -0.2) is 49.4 Å². The molecule has 0 spiro atoms. The molecule has 0 aromatic rings. The predicted octanol–water partition coefficient (Wildman–Crippen LogP) is 8.29. The van der Waals surface area contributed by atoms with Crippen molar-refractivity contribution in [1.29, 1.82) is 0 Å². The van der Waals surface area contributed by atoms with Crippen molar-refractivity contribution in [2.24, 2.45) is 0 Å². The molecule has 0 aliphatic carbocycles. The van der Waals surface area contributed by atoms with Crippen molar-refractivity contribution in [3.8, 4) is 0 Å². The van der Waals surface area contributed by atoms with Crippen molar-refractivity contribution in [3.63, 3.8) is 0 Å². The summed E-state index contributed by atoms with van der Waals surface area (Å²) in [6.45, 7) is 26.3. The van der Waals surface area contributed by atoms with Crippen LogP contribution in [0.3, 0.4) is 0 Å². The molecule has 0 aliphatic heterocycles. The van der Waals surface area contributed by atoms with Gasteiger partial charge < -0.3 is 18.3 Å². The van der Waals surface area contributed by atoms with Crippen molar-refractivity contribution in [2.45, 2.75) is 122 Å². The van der Waals surface area contributed by atoms with Crippen LogP contribution in [0.1, 0.15) is 75.2 Å². The fourth-order valence-corrected chi connectivity index (χ4v) is 11.5. The van der Waals surface area contributed by atoms with E-state index in [2.05, 4.69) is 108 Å². The third-order valence-electron chi connectivity index (χ3n) is 6.98. The molecular weight excluding hydrogens is 535 g/mol. The molecule has 0 radical (unpaired) electrons. The highest BCUT2D eigenvalue weighted by Gasteiger charge is 2.46. The lowest BCUT2D eigenvalue weighted by Crippen LogP contribution is -2.52. The molecule has 0 amide bonds. The molecule has 0 unspecified atom stereocenters. The molecule has 0 fully saturated rings. The molecule has 31 heavy (non-hydrogen) atoms. The predicted molar refractivity (Wildman–Crippen MR) is 148 cm³/mol. The Bertz CT molecular complexity index is 494. The highest BCUT2D eigenvalue weighted by atomic mass is 127. The summed E-state index contributed by atoms with van der Waals surface area (Å²) in [6, 6.07) is 0. The molecule has 2 atom stereocenters. The van der Waals surface area contributed by atoms with E-state index in [1.807, 2.05) is 0 Å². The van der Waals surface area contributed by atoms with Crippen LogP contribution in [0.15, 0.2) is 10.2 Å². The number of hydrogen-bond acceptors (Lipinski definition) is 4. The van der Waals surface area contributed by atoms with Crippen LogP contribution in [0.5, 0.6) is 0 Å². The summed E-state index contributed by atoms with van der Waals surface area (Å²) in [4.78, 5) is 0. The second-order valence-corrected chi connectivity index (χ2v) is 22.0. The summed E-state index contributed by atoms with van der Waals surface area (Å²) in [6.07, 6.45) is 3.94. The largest absolute Gasteiger partial charge is 0.413 e. The van der Waals surface area contributed by atoms with Crippen LogP contribution in [0, 0.1) is 0 Å². The van der Waals surface area contributed by atoms with Gasteiger partial charge in [-0.25, -0.2) is 0 Å². The van der Waals surface area contributed by atoms with Gasteiger partial charge in [0.05, 0.1) is 12.7 Å². The zero-order valence-corrected chi connectivity index (χ0v) is 26.5. The van der Waals surface area contributed by atoms with Crippen LogP contribution in [-0.2, 0) is 18.3 Å². The second kappa shape index (κ2) is 14.2. The SMILES string of the molecule is COCO[C@H](CO[Si](C(C)C)(C(C)C)C(C)C)[C@H](CC/C=C/I)O[Si](C)(C)C(C)(C)C. The van der Waals surface area contributed by atoms with E-state index in [0.717, 1.165) is 12.8 Å². The van der Waals surface area contributed by atoms with Gasteiger partial charge in [-0.05, 0) is 51.7 Å². The van der Waals surface area contributed by atoms with Gasteiger partial charge in [-0.15, -0.1) is 0 Å². The molecule has 186 valence electrons. The van der Waals surface area contributed by atoms with E-state index >= 15 is 0 Å². The zero-order chi connectivity index (χ0) is 24.5. The molecule has 0 N–H and O–H groups in total. The monoisotopic (exact) mass is 586 g/mol. The number of allylic oxidation sites excluding steroid dienone is 1. The van der Waals surface area contributed by atoms with Crippen molar-refractivity contribution in [2.75, 3.05) is 20.5 Å². The first-order valence-electron chi connectivity index (χ1n) is 11.8. The molecule has 0 heterocycles. The Hall–Kier alpha value is 0.744. The third kappa shape index (κ3) is 9.49. The molecule has 0 rings (SSSR count). The van der Waals surface area contributed by atoms with Crippen LogP contribution in [0.2, 0.25) is 34.8 Å². The van der Waals surface area contributed by atoms with E-state index < -0.39 is 16.6 Å². The highest BCUT2D eigenvalue weighted by Crippen LogP contribution is 2.43. The highest BCUT2D eigenvalue weighted by molar-refractivity contribution is 14.1. The summed E-state index contributed by atoms with van der Waals surface area (Å²) in [7, 11) is -2.27. The van der Waals surface area contributed by atoms with Crippen molar-refractivity contribution >= 4 is 39.2 Å². The Balaban J connectivity index is 5.88. The normalized spacial score (nSPS) is 16.1. The summed E-state index contributed by atoms with van der Waals surface area (Å²) < 4.78 is 27.4. The van der Waals surface area contributed by atoms with Gasteiger partial charge in [0.15, 0.2) is 16.6 Å². The quantitative estimate of drug-likeness (QED) is 0.110. The lowest BCUT2D eigenvalue weighted by Gasteiger charge is -2.45. The first kappa shape index (κ1) is 31.7. The first-order chi connectivity index (χ1) is 14.2. The number of ether oxygens (including phenoxy) is 2. The molecule has 0 saturated carbocycles. The minimum Gasteiger partial charge on any atom is -0.413 e. The zero-order valence-electron chi connectivity index (χ0n) is 22.4. The summed E-state index contributed by atoms with van der Waals surface area (Å²) in [5.74, 6) is 0. The smallest absolute Gasteiger partial charge is 0.200 e. The molecule has 0 aliphatic rings. The molecule has 0 aromatic heterocycles. The van der Waals surface area contributed by atoms with Gasteiger partial charge in [-0.1, -0.05) is 91.0 Å². The summed E-state index contributed by atoms with van der Waals surface area (Å²) in [5.41, 5.74) is 1.62. The minimum absolute atomic E-state index is 0.0122. The fourth-order valence-electron chi connectivity index (χ4n) is 4.34. The summed E-state index contributed by atoms with van der Waals surface area (Å²) in [5, 5.41) is 0.142. The Kier molecular flexibility index (Phi) is 14.6. The maximum atomic E-state index is 6.93. The Morgan fingerprint density at radius 1 is 0.903 bits per heavy atom. The lowest BCUT2D eigenvalue weighted by atomic mass is 10.1. The molecular formula is C24H51IO4Si2. The number of rotatable bonds is 15. The maximum Gasteiger partial charge on any atom is 0.200 e. The van der Waals surface area contributed by atoms with Gasteiger partial charge in [0.25, 0.3) is 0 Å². The Morgan fingerprint density at radius 3 is 1.81 bits per heavy atom. The second-order valence-electron chi connectivity index (χ2n) is 11.1. The van der Waals surface area contributed by atoms with Gasteiger partial charge in [0, 0.05) is 7.11 Å². The molecule has 0 aromatic carbocycles. The lowest BCUT2D eigenvalue weighted by molar-refractivity contribution is -0.123. The average Bonchev–Trinajstić information content (AvgIpc) is 2.62. The maximum absolute atomic E-state index is 6.93. The van der Waals surface area contributed by atoms with Crippen LogP contribution in [0.25, 0.3) is 0 Å². The fraction of sp³-hybridized carbons (Fsp3) is 0.917. The standard InChI is InChI=1S/C24H51IO4Si2/c1-19(2)31(20(3)4,21(5)6)28-17-23(27-18-26-10)22(15-13-14-16-25)29-30(11,12)24(7,8)9/h14,16,19-23H,13,15,17-18H2,1-12H3/b16-14+/t22-,23+/m0/s1. The molecule has 7 heteroatoms. The summed E-state index contributed by atoms with van der Waals surface area (Å²) >= 11 is 2.28. The van der Waals surface area contributed by atoms with Crippen molar-refractivity contribution in [1.82, 2.24) is 0 Å². The van der Waals surface area contributed by atoms with E-state index in [1.165, 1.54) is 0 Å². The van der Waals surface area contributed by atoms with Crippen LogP contribution in [0.4, 0.5) is 0 Å². The van der Waals surface area contributed by atoms with Gasteiger partial charge in [-0.3, -0.25) is 0 Å². The van der Waals surface area contributed by atoms with E-state index in [-0.39, 0.29) is 24.0 Å². The van der Waals surface area contributed by atoms with E-state index in [4.69, 9.17) is 18.3 Å². The van der Waals surface area contributed by atoms with E-state index in [0.29, 0.717) is 23.2 Å². The number of halogens is 1. The van der Waals surface area contributed by atoms with Crippen LogP contribution >= 0.6 is 22.6 Å². The van der Waals surface area contributed by atoms with Crippen molar-refractivity contribution < 1.29 is 18.3 Å². The molecule has 0 bridgehead atoms. The topological polar surface area (TPSA) is 36.9 Å². The number of hydrogen-bond donors (Lipinski definition) is 0. The van der Waals surface area contributed by atoms with Crippen molar-refractivity contribution in [3.05, 3.63) is 10.2 Å². The van der Waals surface area contributed by atoms with Gasteiger partial charge in [-0.2, -0.15) is 0 Å². The van der Waals surface area contributed by atoms with Gasteiger partial charge in [0.2, 0.25) is 0 Å².